The first-order valence-corrected chi connectivity index (χ1v) is 5.78. The third-order valence-electron chi connectivity index (χ3n) is 3.30. The van der Waals surface area contributed by atoms with Gasteiger partial charge in [-0.1, -0.05) is 0 Å². The Bertz CT molecular complexity index is 288. The lowest BCUT2D eigenvalue weighted by atomic mass is 9.97. The molecule has 4 N–H and O–H groups in total. The van der Waals surface area contributed by atoms with E-state index in [0.29, 0.717) is 13.1 Å². The van der Waals surface area contributed by atoms with Crippen molar-refractivity contribution in [2.24, 2.45) is 0 Å². The summed E-state index contributed by atoms with van der Waals surface area (Å²) in [7, 11) is 0. The molecule has 0 aromatic rings. The number of hydrogen-bond acceptors (Lipinski definition) is 5. The topological polar surface area (TPSA) is 102 Å². The molecular formula is C10H18N2O5. The van der Waals surface area contributed by atoms with Gasteiger partial charge in [-0.05, 0) is 6.42 Å². The molecule has 0 aliphatic carbocycles. The molecule has 2 aliphatic heterocycles. The Morgan fingerprint density at radius 1 is 1.41 bits per heavy atom. The molecule has 98 valence electrons. The van der Waals surface area contributed by atoms with Crippen LogP contribution in [0.2, 0.25) is 0 Å². The number of ether oxygens (including phenoxy) is 1. The summed E-state index contributed by atoms with van der Waals surface area (Å²) in [5.74, 6) is 0. The third-order valence-corrected chi connectivity index (χ3v) is 3.30. The van der Waals surface area contributed by atoms with Crippen LogP contribution in [0.4, 0.5) is 4.79 Å². The Hall–Kier alpha value is -0.890. The predicted molar refractivity (Wildman–Crippen MR) is 57.3 cm³/mol. The van der Waals surface area contributed by atoms with E-state index >= 15 is 0 Å². The smallest absolute Gasteiger partial charge is 0.317 e. The molecule has 3 unspecified atom stereocenters. The van der Waals surface area contributed by atoms with E-state index in [-0.39, 0.29) is 19.2 Å². The number of nitrogens with zero attached hydrogens (tertiary/aromatic N) is 1. The van der Waals surface area contributed by atoms with Crippen molar-refractivity contribution in [3.63, 3.8) is 0 Å². The standard InChI is InChI=1S/C10H18N2O5/c13-4-7-9(15)8(14)6(5-17-7)12-3-1-2-11-10(12)16/h6-9,13-15H,1-5H2,(H,11,16)/t6-,7?,8?,9?/m1/s1. The maximum atomic E-state index is 11.6. The van der Waals surface area contributed by atoms with Gasteiger partial charge in [0.25, 0.3) is 0 Å². The highest BCUT2D eigenvalue weighted by Crippen LogP contribution is 2.21. The SMILES string of the molecule is O=C1NCCCN1[C@@H]1COC(CO)C(O)C1O. The lowest BCUT2D eigenvalue weighted by molar-refractivity contribution is -0.176. The monoisotopic (exact) mass is 246 g/mol. The Labute approximate surface area is 99.0 Å². The number of aliphatic hydroxyl groups is 3. The maximum Gasteiger partial charge on any atom is 0.317 e. The number of aliphatic hydroxyl groups excluding tert-OH is 3. The highest BCUT2D eigenvalue weighted by molar-refractivity contribution is 5.75. The van der Waals surface area contributed by atoms with Gasteiger partial charge in [-0.3, -0.25) is 0 Å². The molecule has 2 aliphatic rings. The molecule has 0 spiro atoms. The van der Waals surface area contributed by atoms with E-state index in [9.17, 15) is 15.0 Å². The summed E-state index contributed by atoms with van der Waals surface area (Å²) in [6, 6.07) is -0.813. The van der Waals surface area contributed by atoms with E-state index in [2.05, 4.69) is 5.32 Å². The normalized spacial score (nSPS) is 39.0. The number of rotatable bonds is 2. The van der Waals surface area contributed by atoms with E-state index in [1.165, 1.54) is 4.90 Å². The van der Waals surface area contributed by atoms with Crippen LogP contribution in [0.5, 0.6) is 0 Å². The van der Waals surface area contributed by atoms with Crippen LogP contribution < -0.4 is 5.32 Å². The summed E-state index contributed by atoms with van der Waals surface area (Å²) in [6.45, 7) is 0.933. The highest BCUT2D eigenvalue weighted by atomic mass is 16.5. The van der Waals surface area contributed by atoms with Gasteiger partial charge in [0.1, 0.15) is 18.3 Å². The number of hydrogen-bond donors (Lipinski definition) is 4. The van der Waals surface area contributed by atoms with Crippen molar-refractivity contribution in [3.05, 3.63) is 0 Å². The van der Waals surface area contributed by atoms with Gasteiger partial charge in [0, 0.05) is 13.1 Å². The first-order chi connectivity index (χ1) is 8.15. The number of nitrogens with one attached hydrogen (secondary N) is 1. The van der Waals surface area contributed by atoms with E-state index in [1.807, 2.05) is 0 Å². The molecule has 0 saturated carbocycles. The molecule has 0 bridgehead atoms. The van der Waals surface area contributed by atoms with Crippen LogP contribution in [-0.4, -0.2) is 76.9 Å². The minimum absolute atomic E-state index is 0.122. The highest BCUT2D eigenvalue weighted by Gasteiger charge is 2.42. The summed E-state index contributed by atoms with van der Waals surface area (Å²) in [6.07, 6.45) is -2.25. The quantitative estimate of drug-likeness (QED) is 0.446. The Morgan fingerprint density at radius 2 is 2.18 bits per heavy atom. The van der Waals surface area contributed by atoms with E-state index in [0.717, 1.165) is 6.42 Å². The zero-order valence-corrected chi connectivity index (χ0v) is 9.45. The molecule has 2 rings (SSSR count). The molecule has 2 heterocycles. The predicted octanol–water partition coefficient (Wildman–Crippen LogP) is -2.12. The molecule has 7 heteroatoms. The average molecular weight is 246 g/mol. The van der Waals surface area contributed by atoms with Crippen molar-refractivity contribution in [2.75, 3.05) is 26.3 Å². The summed E-state index contributed by atoms with van der Waals surface area (Å²) in [4.78, 5) is 13.1. The molecule has 4 atom stereocenters. The van der Waals surface area contributed by atoms with Crippen molar-refractivity contribution < 1.29 is 24.9 Å². The van der Waals surface area contributed by atoms with Crippen LogP contribution in [0, 0.1) is 0 Å². The van der Waals surface area contributed by atoms with Gasteiger partial charge in [-0.2, -0.15) is 0 Å². The molecular weight excluding hydrogens is 228 g/mol. The Balaban J connectivity index is 2.04. The largest absolute Gasteiger partial charge is 0.394 e. The van der Waals surface area contributed by atoms with Gasteiger partial charge in [-0.15, -0.1) is 0 Å². The Kier molecular flexibility index (Phi) is 3.82. The fourth-order valence-corrected chi connectivity index (χ4v) is 2.27. The third kappa shape index (κ3) is 2.37. The second-order valence-electron chi connectivity index (χ2n) is 4.38. The molecule has 2 amide bonds. The van der Waals surface area contributed by atoms with Crippen LogP contribution in [-0.2, 0) is 4.74 Å². The van der Waals surface area contributed by atoms with E-state index < -0.39 is 24.4 Å². The van der Waals surface area contributed by atoms with Crippen LogP contribution in [0.15, 0.2) is 0 Å². The van der Waals surface area contributed by atoms with Crippen LogP contribution in [0.25, 0.3) is 0 Å². The zero-order valence-electron chi connectivity index (χ0n) is 9.45. The van der Waals surface area contributed by atoms with Gasteiger partial charge < -0.3 is 30.3 Å². The molecule has 2 saturated heterocycles. The van der Waals surface area contributed by atoms with Gasteiger partial charge in [0.05, 0.1) is 19.3 Å². The van der Waals surface area contributed by atoms with Gasteiger partial charge in [0.2, 0.25) is 0 Å². The minimum Gasteiger partial charge on any atom is -0.394 e. The van der Waals surface area contributed by atoms with Gasteiger partial charge >= 0.3 is 6.03 Å². The lowest BCUT2D eigenvalue weighted by Crippen LogP contribution is -2.63. The summed E-state index contributed by atoms with van der Waals surface area (Å²) in [5, 5.41) is 31.3. The van der Waals surface area contributed by atoms with Crippen molar-refractivity contribution in [2.45, 2.75) is 30.8 Å². The minimum atomic E-state index is -1.17. The second kappa shape index (κ2) is 5.18. The Morgan fingerprint density at radius 3 is 2.82 bits per heavy atom. The molecule has 0 radical (unpaired) electrons. The molecule has 7 nitrogen and oxygen atoms in total. The molecule has 17 heavy (non-hydrogen) atoms. The first kappa shape index (κ1) is 12.6. The molecule has 0 aromatic heterocycles. The van der Waals surface area contributed by atoms with Gasteiger partial charge in [-0.25, -0.2) is 4.79 Å². The number of carbonyl (C=O) groups is 1. The first-order valence-electron chi connectivity index (χ1n) is 5.78. The van der Waals surface area contributed by atoms with Crippen molar-refractivity contribution in [1.29, 1.82) is 0 Å². The summed E-state index contributed by atoms with van der Waals surface area (Å²) in [5.41, 5.74) is 0. The van der Waals surface area contributed by atoms with Gasteiger partial charge in [0.15, 0.2) is 0 Å². The molecule has 2 fully saturated rings. The summed E-state index contributed by atoms with van der Waals surface area (Å²) >= 11 is 0. The second-order valence-corrected chi connectivity index (χ2v) is 4.38. The summed E-state index contributed by atoms with van der Waals surface area (Å²) < 4.78 is 5.24. The van der Waals surface area contributed by atoms with Crippen LogP contribution >= 0.6 is 0 Å². The fraction of sp³-hybridized carbons (Fsp3) is 0.900. The van der Waals surface area contributed by atoms with E-state index in [4.69, 9.17) is 9.84 Å². The zero-order chi connectivity index (χ0) is 12.4. The van der Waals surface area contributed by atoms with Crippen molar-refractivity contribution in [1.82, 2.24) is 10.2 Å². The van der Waals surface area contributed by atoms with Crippen molar-refractivity contribution >= 4 is 6.03 Å². The number of carbonyl (C=O) groups excluding carboxylic acids is 1. The average Bonchev–Trinajstić information content (AvgIpc) is 2.34. The van der Waals surface area contributed by atoms with Crippen LogP contribution in [0.1, 0.15) is 6.42 Å². The maximum absolute atomic E-state index is 11.6. The van der Waals surface area contributed by atoms with E-state index in [1.54, 1.807) is 0 Å². The van der Waals surface area contributed by atoms with Crippen LogP contribution in [0.3, 0.4) is 0 Å². The number of urea groups is 1. The fourth-order valence-electron chi connectivity index (χ4n) is 2.27. The number of amides is 2. The van der Waals surface area contributed by atoms with Crippen molar-refractivity contribution in [3.8, 4) is 0 Å². The lowest BCUT2D eigenvalue weighted by Gasteiger charge is -2.43. The molecule has 0 aromatic carbocycles.